The highest BCUT2D eigenvalue weighted by Crippen LogP contribution is 2.26. The number of aryl methyl sites for hydroxylation is 1. The molecule has 2 aromatic carbocycles. The number of carbonyl (C=O) groups excluding carboxylic acids is 1. The van der Waals surface area contributed by atoms with Crippen molar-refractivity contribution in [3.63, 3.8) is 0 Å². The first-order chi connectivity index (χ1) is 11.4. The van der Waals surface area contributed by atoms with Crippen LogP contribution in [0.25, 0.3) is 10.9 Å². The van der Waals surface area contributed by atoms with Crippen LogP contribution in [-0.2, 0) is 11.2 Å². The highest BCUT2D eigenvalue weighted by atomic mass is 35.5. The van der Waals surface area contributed by atoms with Crippen LogP contribution >= 0.6 is 11.6 Å². The van der Waals surface area contributed by atoms with Crippen LogP contribution in [0.3, 0.4) is 0 Å². The van der Waals surface area contributed by atoms with Crippen molar-refractivity contribution in [1.29, 1.82) is 0 Å². The molecule has 24 heavy (non-hydrogen) atoms. The Hall–Kier alpha value is -2.26. The van der Waals surface area contributed by atoms with E-state index in [9.17, 15) is 4.79 Å². The van der Waals surface area contributed by atoms with Gasteiger partial charge in [0, 0.05) is 27.3 Å². The van der Waals surface area contributed by atoms with Crippen LogP contribution in [0.4, 0.5) is 5.69 Å². The van der Waals surface area contributed by atoms with Gasteiger partial charge in [0.2, 0.25) is 5.91 Å². The summed E-state index contributed by atoms with van der Waals surface area (Å²) in [7, 11) is 0. The van der Waals surface area contributed by atoms with E-state index in [1.165, 1.54) is 5.56 Å². The van der Waals surface area contributed by atoms with E-state index in [4.69, 9.17) is 11.6 Å². The van der Waals surface area contributed by atoms with Gasteiger partial charge in [-0.25, -0.2) is 0 Å². The molecule has 0 aliphatic carbocycles. The molecule has 0 atom stereocenters. The molecule has 1 aromatic heterocycles. The van der Waals surface area contributed by atoms with Gasteiger partial charge < -0.3 is 10.3 Å². The van der Waals surface area contributed by atoms with E-state index in [-0.39, 0.29) is 5.91 Å². The fraction of sp³-hybridized carbons (Fsp3) is 0.250. The van der Waals surface area contributed by atoms with Gasteiger partial charge in [-0.1, -0.05) is 37.6 Å². The average molecular weight is 341 g/mol. The van der Waals surface area contributed by atoms with E-state index in [1.807, 2.05) is 37.3 Å². The van der Waals surface area contributed by atoms with Gasteiger partial charge in [0.05, 0.1) is 6.42 Å². The Morgan fingerprint density at radius 2 is 1.88 bits per heavy atom. The molecule has 4 heteroatoms. The van der Waals surface area contributed by atoms with Gasteiger partial charge in [-0.3, -0.25) is 4.79 Å². The number of H-pyrrole nitrogens is 1. The molecule has 3 rings (SSSR count). The van der Waals surface area contributed by atoms with Crippen LogP contribution in [0.1, 0.15) is 36.6 Å². The quantitative estimate of drug-likeness (QED) is 0.653. The number of amides is 1. The highest BCUT2D eigenvalue weighted by molar-refractivity contribution is 6.31. The summed E-state index contributed by atoms with van der Waals surface area (Å²) in [5.74, 6) is 0.449. The molecule has 0 saturated carbocycles. The first kappa shape index (κ1) is 16.6. The first-order valence-corrected chi connectivity index (χ1v) is 8.48. The number of anilines is 1. The number of carbonyl (C=O) groups is 1. The smallest absolute Gasteiger partial charge is 0.228 e. The maximum absolute atomic E-state index is 12.4. The molecular weight excluding hydrogens is 320 g/mol. The summed E-state index contributed by atoms with van der Waals surface area (Å²) in [5, 5.41) is 4.65. The molecule has 3 aromatic rings. The normalized spacial score (nSPS) is 11.2. The summed E-state index contributed by atoms with van der Waals surface area (Å²) in [6.07, 6.45) is 0.318. The Morgan fingerprint density at radius 1 is 1.17 bits per heavy atom. The predicted octanol–water partition coefficient (Wildman–Crippen LogP) is 5.43. The number of fused-ring (bicyclic) bond motifs is 1. The lowest BCUT2D eigenvalue weighted by atomic mass is 10.0. The largest absolute Gasteiger partial charge is 0.358 e. The van der Waals surface area contributed by atoms with E-state index in [0.717, 1.165) is 27.8 Å². The maximum Gasteiger partial charge on any atom is 0.228 e. The number of aromatic amines is 1. The third-order valence-corrected chi connectivity index (χ3v) is 4.52. The van der Waals surface area contributed by atoms with Gasteiger partial charge in [0.25, 0.3) is 0 Å². The summed E-state index contributed by atoms with van der Waals surface area (Å²) in [6, 6.07) is 13.7. The molecule has 1 heterocycles. The van der Waals surface area contributed by atoms with Crippen LogP contribution in [-0.4, -0.2) is 10.9 Å². The third kappa shape index (κ3) is 3.46. The van der Waals surface area contributed by atoms with E-state index < -0.39 is 0 Å². The van der Waals surface area contributed by atoms with Crippen molar-refractivity contribution in [2.75, 3.05) is 5.32 Å². The minimum Gasteiger partial charge on any atom is -0.358 e. The molecule has 124 valence electrons. The first-order valence-electron chi connectivity index (χ1n) is 8.10. The van der Waals surface area contributed by atoms with Crippen molar-refractivity contribution in [2.24, 2.45) is 0 Å². The van der Waals surface area contributed by atoms with Crippen LogP contribution in [0.15, 0.2) is 42.5 Å². The number of hydrogen-bond donors (Lipinski definition) is 2. The topological polar surface area (TPSA) is 44.9 Å². The van der Waals surface area contributed by atoms with Crippen molar-refractivity contribution >= 4 is 34.1 Å². The summed E-state index contributed by atoms with van der Waals surface area (Å²) in [4.78, 5) is 15.7. The fourth-order valence-electron chi connectivity index (χ4n) is 2.90. The van der Waals surface area contributed by atoms with E-state index in [1.54, 1.807) is 0 Å². The summed E-state index contributed by atoms with van der Waals surface area (Å²) in [6.45, 7) is 6.28. The molecular formula is C20H21ClN2O. The molecule has 3 nitrogen and oxygen atoms in total. The molecule has 0 aliphatic heterocycles. The number of rotatable bonds is 4. The van der Waals surface area contributed by atoms with Crippen molar-refractivity contribution in [3.8, 4) is 0 Å². The second kappa shape index (κ2) is 6.70. The standard InChI is InChI=1S/C20H21ClN2O/c1-12(2)14-4-7-16(8-5-14)23-20(24)11-17-13(3)22-19-9-6-15(21)10-18(17)19/h4-10,12,22H,11H2,1-3H3,(H,23,24). The molecule has 2 N–H and O–H groups in total. The van der Waals surface area contributed by atoms with Gasteiger partial charge in [0.1, 0.15) is 0 Å². The molecule has 0 bridgehead atoms. The Bertz CT molecular complexity index is 879. The second-order valence-electron chi connectivity index (χ2n) is 6.42. The zero-order valence-corrected chi connectivity index (χ0v) is 14.9. The Labute approximate surface area is 147 Å². The molecule has 0 spiro atoms. The Balaban J connectivity index is 1.77. The van der Waals surface area contributed by atoms with Gasteiger partial charge in [-0.15, -0.1) is 0 Å². The Kier molecular flexibility index (Phi) is 4.63. The van der Waals surface area contributed by atoms with Gasteiger partial charge in [-0.2, -0.15) is 0 Å². The minimum atomic E-state index is -0.0312. The second-order valence-corrected chi connectivity index (χ2v) is 6.86. The van der Waals surface area contributed by atoms with Crippen molar-refractivity contribution in [1.82, 2.24) is 4.98 Å². The number of aromatic nitrogens is 1. The number of halogens is 1. The highest BCUT2D eigenvalue weighted by Gasteiger charge is 2.13. The molecule has 0 fully saturated rings. The molecule has 0 saturated heterocycles. The Morgan fingerprint density at radius 3 is 2.54 bits per heavy atom. The lowest BCUT2D eigenvalue weighted by Gasteiger charge is -2.09. The molecule has 1 amide bonds. The van der Waals surface area contributed by atoms with Crippen molar-refractivity contribution < 1.29 is 4.79 Å². The van der Waals surface area contributed by atoms with Crippen molar-refractivity contribution in [3.05, 3.63) is 64.3 Å². The molecule has 0 aliphatic rings. The van der Waals surface area contributed by atoms with Crippen LogP contribution in [0.2, 0.25) is 5.02 Å². The van der Waals surface area contributed by atoms with Gasteiger partial charge >= 0.3 is 0 Å². The number of nitrogens with one attached hydrogen (secondary N) is 2. The number of benzene rings is 2. The van der Waals surface area contributed by atoms with Gasteiger partial charge in [0.15, 0.2) is 0 Å². The molecule has 0 unspecified atom stereocenters. The summed E-state index contributed by atoms with van der Waals surface area (Å²) < 4.78 is 0. The molecule has 0 radical (unpaired) electrons. The average Bonchev–Trinajstić information content (AvgIpc) is 2.83. The monoisotopic (exact) mass is 340 g/mol. The van der Waals surface area contributed by atoms with Gasteiger partial charge in [-0.05, 0) is 54.3 Å². The maximum atomic E-state index is 12.4. The zero-order valence-electron chi connectivity index (χ0n) is 14.1. The van der Waals surface area contributed by atoms with Crippen molar-refractivity contribution in [2.45, 2.75) is 33.1 Å². The minimum absolute atomic E-state index is 0.0312. The summed E-state index contributed by atoms with van der Waals surface area (Å²) >= 11 is 6.09. The summed E-state index contributed by atoms with van der Waals surface area (Å²) in [5.41, 5.74) is 5.07. The zero-order chi connectivity index (χ0) is 17.3. The predicted molar refractivity (Wildman–Crippen MR) is 101 cm³/mol. The fourth-order valence-corrected chi connectivity index (χ4v) is 3.07. The van der Waals surface area contributed by atoms with Crippen LogP contribution in [0, 0.1) is 6.92 Å². The van der Waals surface area contributed by atoms with E-state index in [2.05, 4.69) is 36.3 Å². The third-order valence-electron chi connectivity index (χ3n) is 4.28. The number of hydrogen-bond acceptors (Lipinski definition) is 1. The lowest BCUT2D eigenvalue weighted by Crippen LogP contribution is -2.14. The van der Waals surface area contributed by atoms with E-state index in [0.29, 0.717) is 17.4 Å². The van der Waals surface area contributed by atoms with Crippen LogP contribution < -0.4 is 5.32 Å². The SMILES string of the molecule is Cc1[nH]c2ccc(Cl)cc2c1CC(=O)Nc1ccc(C(C)C)cc1. The lowest BCUT2D eigenvalue weighted by molar-refractivity contribution is -0.115. The van der Waals surface area contributed by atoms with Crippen LogP contribution in [0.5, 0.6) is 0 Å². The van der Waals surface area contributed by atoms with E-state index >= 15 is 0 Å².